The van der Waals surface area contributed by atoms with E-state index in [2.05, 4.69) is 15.9 Å². The minimum atomic E-state index is -0.709. The molecule has 0 radical (unpaired) electrons. The van der Waals surface area contributed by atoms with E-state index in [1.807, 2.05) is 0 Å². The number of benzene rings is 3. The van der Waals surface area contributed by atoms with E-state index in [-0.39, 0.29) is 22.5 Å². The van der Waals surface area contributed by atoms with Crippen LogP contribution in [0.2, 0.25) is 10.0 Å². The highest BCUT2D eigenvalue weighted by Crippen LogP contribution is 2.36. The molecule has 0 saturated carbocycles. The molecule has 0 unspecified atom stereocenters. The molecule has 0 saturated heterocycles. The van der Waals surface area contributed by atoms with Crippen molar-refractivity contribution in [2.75, 3.05) is 0 Å². The fourth-order valence-electron chi connectivity index (χ4n) is 2.84. The van der Waals surface area contributed by atoms with Crippen molar-refractivity contribution in [3.63, 3.8) is 0 Å². The van der Waals surface area contributed by atoms with Gasteiger partial charge in [-0.2, -0.15) is 0 Å². The van der Waals surface area contributed by atoms with Crippen LogP contribution in [0.4, 0.5) is 0 Å². The second-order valence-corrected chi connectivity index (χ2v) is 7.78. The van der Waals surface area contributed by atoms with E-state index < -0.39 is 11.4 Å². The molecule has 1 aromatic heterocycles. The maximum absolute atomic E-state index is 13.2. The zero-order chi connectivity index (χ0) is 20.5. The Hall–Kier alpha value is -2.60. The summed E-state index contributed by atoms with van der Waals surface area (Å²) in [6.07, 6.45) is 0. The second-order valence-electron chi connectivity index (χ2n) is 6.08. The van der Waals surface area contributed by atoms with Crippen LogP contribution in [-0.4, -0.2) is 5.97 Å². The van der Waals surface area contributed by atoms with Gasteiger partial charge in [-0.3, -0.25) is 4.79 Å². The third-order valence-corrected chi connectivity index (χ3v) is 5.47. The summed E-state index contributed by atoms with van der Waals surface area (Å²) in [6, 6.07) is 18.2. The van der Waals surface area contributed by atoms with Gasteiger partial charge in [-0.1, -0.05) is 47.5 Å². The van der Waals surface area contributed by atoms with Crippen LogP contribution in [0.15, 0.2) is 80.4 Å². The molecule has 1 heterocycles. The van der Waals surface area contributed by atoms with E-state index in [4.69, 9.17) is 32.4 Å². The Bertz CT molecular complexity index is 1310. The predicted molar refractivity (Wildman–Crippen MR) is 117 cm³/mol. The van der Waals surface area contributed by atoms with Gasteiger partial charge in [-0.15, -0.1) is 0 Å². The molecule has 4 nitrogen and oxygen atoms in total. The molecule has 0 aliphatic heterocycles. The SMILES string of the molecule is O=C(Oc1c(-c2ccccc2Cl)oc2ccc(Cl)cc2c1=O)c1ccccc1Br. The minimum absolute atomic E-state index is 0.0656. The van der Waals surface area contributed by atoms with Crippen LogP contribution in [0.1, 0.15) is 10.4 Å². The first-order valence-corrected chi connectivity index (χ1v) is 9.98. The van der Waals surface area contributed by atoms with Crippen molar-refractivity contribution in [2.45, 2.75) is 0 Å². The van der Waals surface area contributed by atoms with Gasteiger partial charge in [-0.25, -0.2) is 4.79 Å². The number of ether oxygens (including phenoxy) is 1. The first kappa shape index (κ1) is 19.7. The molecular weight excluding hydrogens is 479 g/mol. The summed E-state index contributed by atoms with van der Waals surface area (Å²) in [5, 5.41) is 0.906. The van der Waals surface area contributed by atoms with Crippen molar-refractivity contribution in [1.29, 1.82) is 0 Å². The van der Waals surface area contributed by atoms with Crippen LogP contribution < -0.4 is 10.2 Å². The topological polar surface area (TPSA) is 56.5 Å². The van der Waals surface area contributed by atoms with Gasteiger partial charge in [0.2, 0.25) is 11.2 Å². The number of esters is 1. The maximum Gasteiger partial charge on any atom is 0.344 e. The molecule has 0 fully saturated rings. The molecule has 3 aromatic carbocycles. The first-order chi connectivity index (χ1) is 14.0. The summed E-state index contributed by atoms with van der Waals surface area (Å²) in [6.45, 7) is 0. The van der Waals surface area contributed by atoms with E-state index in [0.717, 1.165) is 0 Å². The van der Waals surface area contributed by atoms with Gasteiger partial charge >= 0.3 is 5.97 Å². The van der Waals surface area contributed by atoms with Crippen molar-refractivity contribution in [3.05, 3.63) is 97.0 Å². The Labute approximate surface area is 183 Å². The molecule has 0 bridgehead atoms. The van der Waals surface area contributed by atoms with Crippen LogP contribution in [-0.2, 0) is 0 Å². The highest BCUT2D eigenvalue weighted by Gasteiger charge is 2.23. The van der Waals surface area contributed by atoms with E-state index >= 15 is 0 Å². The Morgan fingerprint density at radius 1 is 0.966 bits per heavy atom. The Morgan fingerprint density at radius 2 is 1.69 bits per heavy atom. The van der Waals surface area contributed by atoms with Crippen molar-refractivity contribution in [2.24, 2.45) is 0 Å². The van der Waals surface area contributed by atoms with Gasteiger partial charge in [0.15, 0.2) is 5.76 Å². The fourth-order valence-corrected chi connectivity index (χ4v) is 3.68. The van der Waals surface area contributed by atoms with Gasteiger partial charge in [0.05, 0.1) is 16.0 Å². The smallest absolute Gasteiger partial charge is 0.344 e. The molecule has 4 rings (SSSR count). The van der Waals surface area contributed by atoms with Gasteiger partial charge in [0, 0.05) is 15.1 Å². The monoisotopic (exact) mass is 488 g/mol. The zero-order valence-corrected chi connectivity index (χ0v) is 17.7. The lowest BCUT2D eigenvalue weighted by atomic mass is 10.1. The summed E-state index contributed by atoms with van der Waals surface area (Å²) in [7, 11) is 0. The summed E-state index contributed by atoms with van der Waals surface area (Å²) in [5.41, 5.74) is 0.473. The number of carbonyl (C=O) groups excluding carboxylic acids is 1. The molecule has 0 spiro atoms. The number of fused-ring (bicyclic) bond motifs is 1. The average molecular weight is 490 g/mol. The average Bonchev–Trinajstić information content (AvgIpc) is 2.71. The molecule has 144 valence electrons. The third kappa shape index (κ3) is 3.81. The van der Waals surface area contributed by atoms with Crippen molar-refractivity contribution in [1.82, 2.24) is 0 Å². The quantitative estimate of drug-likeness (QED) is 0.299. The van der Waals surface area contributed by atoms with E-state index in [0.29, 0.717) is 25.7 Å². The predicted octanol–water partition coefficient (Wildman–Crippen LogP) is 6.75. The molecule has 29 heavy (non-hydrogen) atoms. The van der Waals surface area contributed by atoms with E-state index in [1.165, 1.54) is 6.07 Å². The van der Waals surface area contributed by atoms with Gasteiger partial charge < -0.3 is 9.15 Å². The molecule has 0 N–H and O–H groups in total. The summed E-state index contributed by atoms with van der Waals surface area (Å²) in [4.78, 5) is 26.0. The highest BCUT2D eigenvalue weighted by molar-refractivity contribution is 9.10. The number of hydrogen-bond donors (Lipinski definition) is 0. The molecular formula is C22H11BrCl2O4. The maximum atomic E-state index is 13.2. The number of rotatable bonds is 3. The molecule has 0 amide bonds. The minimum Gasteiger partial charge on any atom is -0.452 e. The number of carbonyl (C=O) groups is 1. The Balaban J connectivity index is 1.95. The largest absolute Gasteiger partial charge is 0.452 e. The van der Waals surface area contributed by atoms with Crippen LogP contribution in [0, 0.1) is 0 Å². The van der Waals surface area contributed by atoms with Crippen LogP contribution in [0.5, 0.6) is 5.75 Å². The van der Waals surface area contributed by atoms with Crippen LogP contribution in [0.25, 0.3) is 22.3 Å². The molecule has 0 aliphatic rings. The standard InChI is InChI=1S/C22H11BrCl2O4/c23-16-7-3-1-5-13(16)22(27)29-21-19(26)15-11-12(24)9-10-18(15)28-20(21)14-6-2-4-8-17(14)25/h1-11H. The van der Waals surface area contributed by atoms with Gasteiger partial charge in [0.25, 0.3) is 0 Å². The highest BCUT2D eigenvalue weighted by atomic mass is 79.9. The normalized spacial score (nSPS) is 10.9. The molecule has 7 heteroatoms. The zero-order valence-electron chi connectivity index (χ0n) is 14.6. The molecule has 0 atom stereocenters. The molecule has 4 aromatic rings. The third-order valence-electron chi connectivity index (χ3n) is 4.22. The lowest BCUT2D eigenvalue weighted by Crippen LogP contribution is -2.16. The number of halogens is 3. The van der Waals surface area contributed by atoms with Gasteiger partial charge in [0.1, 0.15) is 5.58 Å². The summed E-state index contributed by atoms with van der Waals surface area (Å²) >= 11 is 15.7. The van der Waals surface area contributed by atoms with E-state index in [1.54, 1.807) is 60.7 Å². The fraction of sp³-hybridized carbons (Fsp3) is 0. The first-order valence-electron chi connectivity index (χ1n) is 8.43. The lowest BCUT2D eigenvalue weighted by molar-refractivity contribution is 0.0730. The Morgan fingerprint density at radius 3 is 2.45 bits per heavy atom. The lowest BCUT2D eigenvalue weighted by Gasteiger charge is -2.12. The molecule has 0 aliphatic carbocycles. The summed E-state index contributed by atoms with van der Waals surface area (Å²) in [5.74, 6) is -0.899. The summed E-state index contributed by atoms with van der Waals surface area (Å²) < 4.78 is 12.0. The van der Waals surface area contributed by atoms with Crippen molar-refractivity contribution in [3.8, 4) is 17.1 Å². The van der Waals surface area contributed by atoms with Gasteiger partial charge in [-0.05, 0) is 58.4 Å². The van der Waals surface area contributed by atoms with Crippen LogP contribution >= 0.6 is 39.1 Å². The van der Waals surface area contributed by atoms with Crippen molar-refractivity contribution < 1.29 is 13.9 Å². The van der Waals surface area contributed by atoms with E-state index in [9.17, 15) is 9.59 Å². The number of hydrogen-bond acceptors (Lipinski definition) is 4. The second kappa shape index (κ2) is 8.03. The Kier molecular flexibility index (Phi) is 5.46. The van der Waals surface area contributed by atoms with Crippen molar-refractivity contribution >= 4 is 56.1 Å². The van der Waals surface area contributed by atoms with Crippen LogP contribution in [0.3, 0.4) is 0 Å².